The molecule has 1 N–H and O–H groups in total. The summed E-state index contributed by atoms with van der Waals surface area (Å²) in [5.41, 5.74) is 1.14. The normalized spacial score (nSPS) is 26.7. The first-order chi connectivity index (χ1) is 14.5. The van der Waals surface area contributed by atoms with Crippen LogP contribution in [0.1, 0.15) is 11.4 Å². The molecule has 2 aromatic rings. The van der Waals surface area contributed by atoms with Crippen molar-refractivity contribution in [3.05, 3.63) is 29.8 Å². The molecule has 3 fully saturated rings. The highest BCUT2D eigenvalue weighted by Gasteiger charge is 2.43. The molecular weight excluding hydrogens is 384 g/mol. The van der Waals surface area contributed by atoms with Crippen LogP contribution in [0.5, 0.6) is 0 Å². The van der Waals surface area contributed by atoms with E-state index in [4.69, 9.17) is 9.47 Å². The van der Waals surface area contributed by atoms with Gasteiger partial charge in [0.25, 0.3) is 0 Å². The first kappa shape index (κ1) is 19.9. The van der Waals surface area contributed by atoms with Crippen molar-refractivity contribution < 1.29 is 14.6 Å². The SMILES string of the molecule is Cc1cc(C)n(-c2cc(N3CC4CN(CC5(O)COCCOC5)CC4C3)ncn2)n1. The van der Waals surface area contributed by atoms with Gasteiger partial charge >= 0.3 is 0 Å². The Morgan fingerprint density at radius 1 is 1.00 bits per heavy atom. The molecule has 3 saturated heterocycles. The highest BCUT2D eigenvalue weighted by atomic mass is 16.6. The van der Waals surface area contributed by atoms with Crippen molar-refractivity contribution in [3.63, 3.8) is 0 Å². The number of β-amino-alcohol motifs (C(OH)–C–C–N with tert-alkyl or cyclic N) is 1. The van der Waals surface area contributed by atoms with Gasteiger partial charge in [0.05, 0.1) is 32.1 Å². The maximum Gasteiger partial charge on any atom is 0.159 e. The summed E-state index contributed by atoms with van der Waals surface area (Å²) < 4.78 is 12.9. The molecule has 2 aromatic heterocycles. The van der Waals surface area contributed by atoms with E-state index in [-0.39, 0.29) is 0 Å². The standard InChI is InChI=1S/C21H30N6O3/c1-15-5-16(2)27(24-15)20-6-19(22-14-23-20)26-9-17-7-25(8-18(17)10-26)11-21(28)12-29-3-4-30-13-21/h5-6,14,17-18,28H,3-4,7-13H2,1-2H3. The minimum Gasteiger partial charge on any atom is -0.384 e. The van der Waals surface area contributed by atoms with Crippen LogP contribution in [0.4, 0.5) is 5.82 Å². The van der Waals surface area contributed by atoms with E-state index >= 15 is 0 Å². The minimum atomic E-state index is -0.907. The van der Waals surface area contributed by atoms with Crippen molar-refractivity contribution in [2.75, 3.05) is 64.1 Å². The van der Waals surface area contributed by atoms with E-state index in [1.54, 1.807) is 6.33 Å². The summed E-state index contributed by atoms with van der Waals surface area (Å²) in [6, 6.07) is 4.08. The van der Waals surface area contributed by atoms with Crippen LogP contribution in [-0.4, -0.2) is 94.5 Å². The average Bonchev–Trinajstić information content (AvgIpc) is 3.32. The largest absolute Gasteiger partial charge is 0.384 e. The third kappa shape index (κ3) is 3.94. The molecule has 0 radical (unpaired) electrons. The van der Waals surface area contributed by atoms with Gasteiger partial charge in [-0.05, 0) is 31.7 Å². The zero-order chi connectivity index (χ0) is 20.7. The van der Waals surface area contributed by atoms with E-state index < -0.39 is 5.60 Å². The molecule has 3 aliphatic rings. The van der Waals surface area contributed by atoms with E-state index in [1.807, 2.05) is 24.6 Å². The maximum atomic E-state index is 10.8. The second-order valence-corrected chi connectivity index (χ2v) is 9.02. The first-order valence-corrected chi connectivity index (χ1v) is 10.7. The fourth-order valence-corrected chi connectivity index (χ4v) is 5.08. The Hall–Kier alpha value is -2.07. The van der Waals surface area contributed by atoms with Gasteiger partial charge in [-0.3, -0.25) is 4.90 Å². The summed E-state index contributed by atoms with van der Waals surface area (Å²) in [6.45, 7) is 10.4. The quantitative estimate of drug-likeness (QED) is 0.770. The van der Waals surface area contributed by atoms with Crippen LogP contribution >= 0.6 is 0 Å². The topological polar surface area (TPSA) is 88.8 Å². The van der Waals surface area contributed by atoms with Crippen LogP contribution in [0.3, 0.4) is 0 Å². The van der Waals surface area contributed by atoms with Gasteiger partial charge in [-0.25, -0.2) is 14.6 Å². The smallest absolute Gasteiger partial charge is 0.159 e. The van der Waals surface area contributed by atoms with E-state index in [1.165, 1.54) is 0 Å². The van der Waals surface area contributed by atoms with Gasteiger partial charge in [0.15, 0.2) is 5.82 Å². The Kier molecular flexibility index (Phi) is 5.22. The summed E-state index contributed by atoms with van der Waals surface area (Å²) in [7, 11) is 0. The Morgan fingerprint density at radius 2 is 1.67 bits per heavy atom. The Morgan fingerprint density at radius 3 is 2.30 bits per heavy atom. The lowest BCUT2D eigenvalue weighted by Gasteiger charge is -2.31. The van der Waals surface area contributed by atoms with Crippen LogP contribution in [0, 0.1) is 25.7 Å². The molecule has 3 aliphatic heterocycles. The maximum absolute atomic E-state index is 10.8. The zero-order valence-corrected chi connectivity index (χ0v) is 17.7. The molecule has 0 amide bonds. The molecule has 9 nitrogen and oxygen atoms in total. The van der Waals surface area contributed by atoms with E-state index in [0.29, 0.717) is 44.8 Å². The number of fused-ring (bicyclic) bond motifs is 1. The molecule has 30 heavy (non-hydrogen) atoms. The zero-order valence-electron chi connectivity index (χ0n) is 17.7. The number of anilines is 1. The molecular formula is C21H30N6O3. The second-order valence-electron chi connectivity index (χ2n) is 9.02. The van der Waals surface area contributed by atoms with E-state index in [2.05, 4.69) is 30.9 Å². The predicted molar refractivity (Wildman–Crippen MR) is 111 cm³/mol. The van der Waals surface area contributed by atoms with Crippen LogP contribution in [0.25, 0.3) is 5.82 Å². The number of aromatic nitrogens is 4. The molecule has 2 unspecified atom stereocenters. The van der Waals surface area contributed by atoms with Gasteiger partial charge in [0, 0.05) is 44.5 Å². The number of aliphatic hydroxyl groups is 1. The van der Waals surface area contributed by atoms with E-state index in [9.17, 15) is 5.11 Å². The number of nitrogens with zero attached hydrogens (tertiary/aromatic N) is 6. The molecule has 0 aromatic carbocycles. The third-order valence-corrected chi connectivity index (χ3v) is 6.38. The summed E-state index contributed by atoms with van der Waals surface area (Å²) in [5.74, 6) is 2.92. The Labute approximate surface area is 176 Å². The van der Waals surface area contributed by atoms with Crippen LogP contribution in [-0.2, 0) is 9.47 Å². The average molecular weight is 415 g/mol. The van der Waals surface area contributed by atoms with Gasteiger partial charge in [-0.2, -0.15) is 5.10 Å². The Balaban J connectivity index is 1.23. The van der Waals surface area contributed by atoms with Crippen molar-refractivity contribution in [1.29, 1.82) is 0 Å². The summed E-state index contributed by atoms with van der Waals surface area (Å²) in [5, 5.41) is 15.4. The van der Waals surface area contributed by atoms with Crippen molar-refractivity contribution in [2.24, 2.45) is 11.8 Å². The van der Waals surface area contributed by atoms with Gasteiger partial charge in [-0.15, -0.1) is 0 Å². The lowest BCUT2D eigenvalue weighted by atomic mass is 10.0. The van der Waals surface area contributed by atoms with Crippen LogP contribution < -0.4 is 4.90 Å². The number of aryl methyl sites for hydroxylation is 2. The van der Waals surface area contributed by atoms with Gasteiger partial charge in [-0.1, -0.05) is 0 Å². The highest BCUT2D eigenvalue weighted by molar-refractivity contribution is 5.45. The highest BCUT2D eigenvalue weighted by Crippen LogP contribution is 2.34. The van der Waals surface area contributed by atoms with Crippen LogP contribution in [0.2, 0.25) is 0 Å². The third-order valence-electron chi connectivity index (χ3n) is 6.38. The number of rotatable bonds is 4. The van der Waals surface area contributed by atoms with Crippen LogP contribution in [0.15, 0.2) is 18.5 Å². The molecule has 5 heterocycles. The Bertz CT molecular complexity index is 881. The first-order valence-electron chi connectivity index (χ1n) is 10.7. The molecule has 0 saturated carbocycles. The van der Waals surface area contributed by atoms with E-state index in [0.717, 1.165) is 49.2 Å². The molecule has 0 aliphatic carbocycles. The summed E-state index contributed by atoms with van der Waals surface area (Å²) in [4.78, 5) is 13.7. The molecule has 5 rings (SSSR count). The van der Waals surface area contributed by atoms with Crippen molar-refractivity contribution >= 4 is 5.82 Å². The van der Waals surface area contributed by atoms with Crippen molar-refractivity contribution in [1.82, 2.24) is 24.6 Å². The number of ether oxygens (including phenoxy) is 2. The van der Waals surface area contributed by atoms with Crippen molar-refractivity contribution in [3.8, 4) is 5.82 Å². The molecule has 0 bridgehead atoms. The summed E-state index contributed by atoms with van der Waals surface area (Å²) >= 11 is 0. The monoisotopic (exact) mass is 414 g/mol. The molecule has 9 heteroatoms. The molecule has 0 spiro atoms. The van der Waals surface area contributed by atoms with Gasteiger partial charge in [0.1, 0.15) is 17.7 Å². The molecule has 2 atom stereocenters. The predicted octanol–water partition coefficient (Wildman–Crippen LogP) is 0.425. The fraction of sp³-hybridized carbons (Fsp3) is 0.667. The fourth-order valence-electron chi connectivity index (χ4n) is 5.08. The van der Waals surface area contributed by atoms with Crippen molar-refractivity contribution in [2.45, 2.75) is 19.4 Å². The summed E-state index contributed by atoms with van der Waals surface area (Å²) in [6.07, 6.45) is 1.63. The van der Waals surface area contributed by atoms with Gasteiger partial charge in [0.2, 0.25) is 0 Å². The minimum absolute atomic E-state index is 0.348. The number of hydrogen-bond donors (Lipinski definition) is 1. The number of likely N-dealkylation sites (tertiary alicyclic amines) is 1. The van der Waals surface area contributed by atoms with Gasteiger partial charge < -0.3 is 19.5 Å². The second kappa shape index (κ2) is 7.88. The number of hydrogen-bond acceptors (Lipinski definition) is 8. The lowest BCUT2D eigenvalue weighted by molar-refractivity contribution is -0.0719. The molecule has 162 valence electrons. The lowest BCUT2D eigenvalue weighted by Crippen LogP contribution is -2.49.